The SMILES string of the molecule is O=C(Nc1cccc(F)c1)c1cncc(C(=O)N2CCc3ccccc32)c1. The maximum atomic E-state index is 13.3. The van der Waals surface area contributed by atoms with E-state index in [1.165, 1.54) is 36.7 Å². The Labute approximate surface area is 155 Å². The molecule has 0 atom stereocenters. The van der Waals surface area contributed by atoms with Gasteiger partial charge in [-0.3, -0.25) is 14.6 Å². The van der Waals surface area contributed by atoms with Gasteiger partial charge in [0.15, 0.2) is 0 Å². The molecule has 3 aromatic rings. The van der Waals surface area contributed by atoms with Crippen LogP contribution in [0.15, 0.2) is 67.0 Å². The summed E-state index contributed by atoms with van der Waals surface area (Å²) in [5.74, 6) is -1.10. The van der Waals surface area contributed by atoms with E-state index in [1.807, 2.05) is 24.3 Å². The highest BCUT2D eigenvalue weighted by atomic mass is 19.1. The molecule has 2 aromatic carbocycles. The number of carbonyl (C=O) groups is 2. The van der Waals surface area contributed by atoms with Crippen molar-refractivity contribution in [2.45, 2.75) is 6.42 Å². The third-order valence-corrected chi connectivity index (χ3v) is 4.46. The number of fused-ring (bicyclic) bond motifs is 1. The van der Waals surface area contributed by atoms with Crippen molar-refractivity contribution >= 4 is 23.2 Å². The first-order chi connectivity index (χ1) is 13.1. The number of benzene rings is 2. The fourth-order valence-corrected chi connectivity index (χ4v) is 3.16. The van der Waals surface area contributed by atoms with E-state index < -0.39 is 11.7 Å². The Bertz CT molecular complexity index is 1040. The van der Waals surface area contributed by atoms with Crippen LogP contribution in [0.3, 0.4) is 0 Å². The van der Waals surface area contributed by atoms with E-state index in [0.29, 0.717) is 17.8 Å². The van der Waals surface area contributed by atoms with Crippen LogP contribution in [0.5, 0.6) is 0 Å². The van der Waals surface area contributed by atoms with Crippen molar-refractivity contribution in [2.75, 3.05) is 16.8 Å². The lowest BCUT2D eigenvalue weighted by Crippen LogP contribution is -2.29. The van der Waals surface area contributed by atoms with Crippen LogP contribution in [-0.2, 0) is 6.42 Å². The van der Waals surface area contributed by atoms with Crippen LogP contribution in [0, 0.1) is 5.82 Å². The van der Waals surface area contributed by atoms with Gasteiger partial charge in [-0.2, -0.15) is 0 Å². The molecule has 0 aliphatic carbocycles. The maximum Gasteiger partial charge on any atom is 0.259 e. The summed E-state index contributed by atoms with van der Waals surface area (Å²) >= 11 is 0. The molecule has 0 spiro atoms. The molecule has 0 saturated heterocycles. The van der Waals surface area contributed by atoms with E-state index in [4.69, 9.17) is 0 Å². The van der Waals surface area contributed by atoms with Gasteiger partial charge in [0, 0.05) is 30.3 Å². The van der Waals surface area contributed by atoms with Crippen LogP contribution in [0.4, 0.5) is 15.8 Å². The van der Waals surface area contributed by atoms with Gasteiger partial charge < -0.3 is 10.2 Å². The van der Waals surface area contributed by atoms with Gasteiger partial charge in [0.2, 0.25) is 0 Å². The molecule has 2 heterocycles. The number of nitrogens with one attached hydrogen (secondary N) is 1. The fraction of sp³-hybridized carbons (Fsp3) is 0.0952. The molecule has 2 amide bonds. The van der Waals surface area contributed by atoms with Crippen LogP contribution < -0.4 is 10.2 Å². The molecule has 27 heavy (non-hydrogen) atoms. The average molecular weight is 361 g/mol. The van der Waals surface area contributed by atoms with Crippen LogP contribution in [-0.4, -0.2) is 23.3 Å². The smallest absolute Gasteiger partial charge is 0.259 e. The van der Waals surface area contributed by atoms with Gasteiger partial charge in [-0.25, -0.2) is 4.39 Å². The van der Waals surface area contributed by atoms with Gasteiger partial charge in [-0.05, 0) is 42.3 Å². The first kappa shape index (κ1) is 16.9. The van der Waals surface area contributed by atoms with E-state index >= 15 is 0 Å². The number of carbonyl (C=O) groups excluding carboxylic acids is 2. The zero-order valence-electron chi connectivity index (χ0n) is 14.4. The van der Waals surface area contributed by atoms with Crippen molar-refractivity contribution in [2.24, 2.45) is 0 Å². The van der Waals surface area contributed by atoms with E-state index in [9.17, 15) is 14.0 Å². The molecule has 1 aliphatic heterocycles. The van der Waals surface area contributed by atoms with E-state index in [1.54, 1.807) is 11.0 Å². The van der Waals surface area contributed by atoms with Gasteiger partial charge in [0.05, 0.1) is 11.1 Å². The molecule has 1 aromatic heterocycles. The normalized spacial score (nSPS) is 12.6. The van der Waals surface area contributed by atoms with Crippen molar-refractivity contribution < 1.29 is 14.0 Å². The fourth-order valence-electron chi connectivity index (χ4n) is 3.16. The van der Waals surface area contributed by atoms with Crippen molar-refractivity contribution in [1.29, 1.82) is 0 Å². The maximum absolute atomic E-state index is 13.3. The van der Waals surface area contributed by atoms with E-state index in [2.05, 4.69) is 10.3 Å². The summed E-state index contributed by atoms with van der Waals surface area (Å²) in [4.78, 5) is 31.0. The molecule has 1 aliphatic rings. The first-order valence-corrected chi connectivity index (χ1v) is 8.53. The molecule has 1 N–H and O–H groups in total. The number of aromatic nitrogens is 1. The highest BCUT2D eigenvalue weighted by molar-refractivity contribution is 6.10. The molecule has 0 saturated carbocycles. The van der Waals surface area contributed by atoms with Crippen LogP contribution in [0.25, 0.3) is 0 Å². The molecule has 6 heteroatoms. The second-order valence-corrected chi connectivity index (χ2v) is 6.26. The number of anilines is 2. The topological polar surface area (TPSA) is 62.3 Å². The Morgan fingerprint density at radius 2 is 1.81 bits per heavy atom. The highest BCUT2D eigenvalue weighted by Crippen LogP contribution is 2.28. The predicted octanol–water partition coefficient (Wildman–Crippen LogP) is 3.68. The molecule has 4 rings (SSSR count). The van der Waals surface area contributed by atoms with Gasteiger partial charge in [-0.1, -0.05) is 24.3 Å². The minimum absolute atomic E-state index is 0.201. The summed E-state index contributed by atoms with van der Waals surface area (Å²) in [5.41, 5.74) is 2.91. The molecular formula is C21H16FN3O2. The lowest BCUT2D eigenvalue weighted by Gasteiger charge is -2.17. The second kappa shape index (κ2) is 6.99. The summed E-state index contributed by atoms with van der Waals surface area (Å²) in [6.45, 7) is 0.595. The summed E-state index contributed by atoms with van der Waals surface area (Å²) in [6, 6.07) is 14.9. The zero-order valence-corrected chi connectivity index (χ0v) is 14.4. The van der Waals surface area contributed by atoms with Gasteiger partial charge in [0.1, 0.15) is 5.82 Å². The molecular weight excluding hydrogens is 345 g/mol. The predicted molar refractivity (Wildman–Crippen MR) is 100 cm³/mol. The third-order valence-electron chi connectivity index (χ3n) is 4.46. The number of halogens is 1. The number of hydrogen-bond donors (Lipinski definition) is 1. The standard InChI is InChI=1S/C21H16FN3O2/c22-17-5-3-6-18(11-17)24-20(26)15-10-16(13-23-12-15)21(27)25-9-8-14-4-1-2-7-19(14)25/h1-7,10-13H,8-9H2,(H,24,26). The van der Waals surface area contributed by atoms with E-state index in [0.717, 1.165) is 17.7 Å². The number of amides is 2. The average Bonchev–Trinajstić information content (AvgIpc) is 3.11. The number of para-hydroxylation sites is 1. The van der Waals surface area contributed by atoms with Crippen LogP contribution in [0.2, 0.25) is 0 Å². The van der Waals surface area contributed by atoms with Crippen molar-refractivity contribution in [3.05, 3.63) is 89.5 Å². The Morgan fingerprint density at radius 1 is 1.00 bits per heavy atom. The monoisotopic (exact) mass is 361 g/mol. The number of nitrogens with zero attached hydrogens (tertiary/aromatic N) is 2. The molecule has 0 fully saturated rings. The summed E-state index contributed by atoms with van der Waals surface area (Å²) in [5, 5.41) is 2.61. The molecule has 5 nitrogen and oxygen atoms in total. The summed E-state index contributed by atoms with van der Waals surface area (Å²) in [7, 11) is 0. The van der Waals surface area contributed by atoms with Crippen molar-refractivity contribution in [3.8, 4) is 0 Å². The third kappa shape index (κ3) is 3.42. The Balaban J connectivity index is 1.56. The van der Waals surface area contributed by atoms with Crippen molar-refractivity contribution in [1.82, 2.24) is 4.98 Å². The highest BCUT2D eigenvalue weighted by Gasteiger charge is 2.25. The molecule has 0 radical (unpaired) electrons. The Hall–Kier alpha value is -3.54. The largest absolute Gasteiger partial charge is 0.322 e. The van der Waals surface area contributed by atoms with Crippen LogP contribution in [0.1, 0.15) is 26.3 Å². The number of rotatable bonds is 3. The minimum atomic E-state index is -0.454. The van der Waals surface area contributed by atoms with E-state index in [-0.39, 0.29) is 11.5 Å². The number of pyridine rings is 1. The minimum Gasteiger partial charge on any atom is -0.322 e. The number of hydrogen-bond acceptors (Lipinski definition) is 3. The second-order valence-electron chi connectivity index (χ2n) is 6.26. The lowest BCUT2D eigenvalue weighted by atomic mass is 10.1. The van der Waals surface area contributed by atoms with Gasteiger partial charge >= 0.3 is 0 Å². The molecule has 134 valence electrons. The summed E-state index contributed by atoms with van der Waals surface area (Å²) < 4.78 is 13.3. The Kier molecular flexibility index (Phi) is 4.38. The van der Waals surface area contributed by atoms with Gasteiger partial charge in [0.25, 0.3) is 11.8 Å². The quantitative estimate of drug-likeness (QED) is 0.774. The van der Waals surface area contributed by atoms with Crippen LogP contribution >= 0.6 is 0 Å². The Morgan fingerprint density at radius 3 is 2.67 bits per heavy atom. The van der Waals surface area contributed by atoms with Gasteiger partial charge in [-0.15, -0.1) is 0 Å². The molecule has 0 unspecified atom stereocenters. The molecule has 0 bridgehead atoms. The first-order valence-electron chi connectivity index (χ1n) is 8.53. The summed E-state index contributed by atoms with van der Waals surface area (Å²) in [6.07, 6.45) is 3.63. The zero-order chi connectivity index (χ0) is 18.8. The lowest BCUT2D eigenvalue weighted by molar-refractivity contribution is 0.0989. The van der Waals surface area contributed by atoms with Crippen molar-refractivity contribution in [3.63, 3.8) is 0 Å².